The van der Waals surface area contributed by atoms with Crippen molar-refractivity contribution in [1.29, 1.82) is 0 Å². The van der Waals surface area contributed by atoms with Gasteiger partial charge in [0.05, 0.1) is 18.4 Å². The van der Waals surface area contributed by atoms with Gasteiger partial charge >= 0.3 is 12.1 Å². The van der Waals surface area contributed by atoms with Gasteiger partial charge in [0.1, 0.15) is 11.8 Å². The van der Waals surface area contributed by atoms with Crippen molar-refractivity contribution in [3.63, 3.8) is 0 Å². The molecule has 2 aliphatic heterocycles. The number of benzene rings is 1. The van der Waals surface area contributed by atoms with E-state index in [4.69, 9.17) is 21.1 Å². The average molecular weight is 484 g/mol. The van der Waals surface area contributed by atoms with E-state index in [2.05, 4.69) is 0 Å². The number of ether oxygens (including phenoxy) is 2. The number of carbonyl (C=O) groups is 2. The molecule has 0 radical (unpaired) electrons. The van der Waals surface area contributed by atoms with Crippen molar-refractivity contribution in [1.82, 2.24) is 4.90 Å². The second kappa shape index (κ2) is 8.90. The van der Waals surface area contributed by atoms with Crippen molar-refractivity contribution in [3.05, 3.63) is 29.2 Å². The van der Waals surface area contributed by atoms with E-state index in [9.17, 15) is 19.8 Å². The quantitative estimate of drug-likeness (QED) is 0.616. The van der Waals surface area contributed by atoms with Crippen molar-refractivity contribution in [2.45, 2.75) is 50.4 Å². The lowest BCUT2D eigenvalue weighted by Crippen LogP contribution is -2.54. The lowest BCUT2D eigenvalue weighted by molar-refractivity contribution is -0.133. The highest BCUT2D eigenvalue weighted by Crippen LogP contribution is 2.51. The Kier molecular flexibility index (Phi) is 6.32. The minimum Gasteiger partial charge on any atom is -0.492 e. The van der Waals surface area contributed by atoms with Gasteiger partial charge < -0.3 is 34.4 Å². The third-order valence-corrected chi connectivity index (χ3v) is 6.26. The third-order valence-electron chi connectivity index (χ3n) is 6.17. The average Bonchev–Trinajstić information content (AvgIpc) is 3.57. The van der Waals surface area contributed by atoms with Gasteiger partial charge in [0.2, 0.25) is 0 Å². The molecule has 1 aromatic carbocycles. The zero-order chi connectivity index (χ0) is 24.0. The molecular weight excluding hydrogens is 457 g/mol. The fraction of sp³-hybridized carbons (Fsp3) is 0.545. The smallest absolute Gasteiger partial charge is 0.411 e. The number of hydrogen-bond acceptors (Lipinski definition) is 7. The monoisotopic (exact) mass is 483 g/mol. The van der Waals surface area contributed by atoms with Crippen molar-refractivity contribution >= 4 is 35.0 Å². The summed E-state index contributed by atoms with van der Waals surface area (Å²) >= 11 is 5.76. The number of piperazine rings is 1. The number of hydrogen-bond donors (Lipinski definition) is 2. The minimum atomic E-state index is -1.48. The maximum atomic E-state index is 15.5. The summed E-state index contributed by atoms with van der Waals surface area (Å²) in [6, 6.07) is 0.954. The van der Waals surface area contributed by atoms with Crippen LogP contribution >= 0.6 is 11.6 Å². The predicted molar refractivity (Wildman–Crippen MR) is 119 cm³/mol. The van der Waals surface area contributed by atoms with Gasteiger partial charge in [0, 0.05) is 43.5 Å². The number of rotatable bonds is 5. The van der Waals surface area contributed by atoms with Crippen molar-refractivity contribution in [2.75, 3.05) is 36.5 Å². The van der Waals surface area contributed by atoms with Gasteiger partial charge in [-0.2, -0.15) is 0 Å². The SMILES string of the molecule is COc1c(N2CCN(C(=O)OC(C)Cl)C(C)C2)c(F)cc2c1N(C1CC1)C=C(C(=O)O)C2O. The molecule has 11 heteroatoms. The topological polar surface area (TPSA) is 103 Å². The largest absolute Gasteiger partial charge is 0.492 e. The van der Waals surface area contributed by atoms with Crippen molar-refractivity contribution in [3.8, 4) is 5.75 Å². The van der Waals surface area contributed by atoms with Crippen LogP contribution in [0.5, 0.6) is 5.75 Å². The van der Waals surface area contributed by atoms with Crippen LogP contribution in [0.2, 0.25) is 0 Å². The van der Waals surface area contributed by atoms with E-state index in [1.54, 1.807) is 21.6 Å². The molecule has 1 aliphatic carbocycles. The lowest BCUT2D eigenvalue weighted by atomic mass is 9.94. The number of alkyl halides is 1. The first-order chi connectivity index (χ1) is 15.6. The molecule has 2 N–H and O–H groups in total. The molecule has 3 atom stereocenters. The Labute approximate surface area is 195 Å². The summed E-state index contributed by atoms with van der Waals surface area (Å²) < 4.78 is 26.2. The van der Waals surface area contributed by atoms with E-state index in [-0.39, 0.29) is 34.7 Å². The number of fused-ring (bicyclic) bond motifs is 1. The third kappa shape index (κ3) is 4.29. The lowest BCUT2D eigenvalue weighted by Gasteiger charge is -2.42. The summed E-state index contributed by atoms with van der Waals surface area (Å²) in [7, 11) is 1.42. The zero-order valence-corrected chi connectivity index (χ0v) is 19.4. The second-order valence-electron chi connectivity index (χ2n) is 8.52. The molecule has 2 fully saturated rings. The van der Waals surface area contributed by atoms with Crippen LogP contribution in [0.15, 0.2) is 17.8 Å². The Bertz CT molecular complexity index is 999. The summed E-state index contributed by atoms with van der Waals surface area (Å²) in [4.78, 5) is 29.1. The molecule has 1 saturated carbocycles. The van der Waals surface area contributed by atoms with Gasteiger partial charge in [-0.1, -0.05) is 11.6 Å². The summed E-state index contributed by atoms with van der Waals surface area (Å²) in [5, 5.41) is 20.2. The Morgan fingerprint density at radius 3 is 2.52 bits per heavy atom. The normalized spacial score (nSPS) is 23.6. The van der Waals surface area contributed by atoms with Crippen LogP contribution in [0, 0.1) is 5.82 Å². The second-order valence-corrected chi connectivity index (χ2v) is 9.14. The number of carboxylic acid groups (broad SMARTS) is 1. The van der Waals surface area contributed by atoms with E-state index < -0.39 is 29.5 Å². The molecule has 3 unspecified atom stereocenters. The first kappa shape index (κ1) is 23.4. The number of aliphatic hydroxyl groups excluding tert-OH is 1. The molecule has 4 rings (SSSR count). The standard InChI is InChI=1S/C22H27ClFN3O6/c1-11-9-25(6-7-26(11)22(31)33-12(2)23)18-16(24)8-14-17(20(18)32-3)27(13-4-5-13)10-15(19(14)28)21(29)30/h8,10-13,19,28H,4-7,9H2,1-3H3,(H,29,30). The number of aliphatic hydroxyl groups is 1. The van der Waals surface area contributed by atoms with Gasteiger partial charge in [-0.3, -0.25) is 0 Å². The molecule has 1 saturated heterocycles. The fourth-order valence-corrected chi connectivity index (χ4v) is 4.57. The van der Waals surface area contributed by atoms with Crippen LogP contribution < -0.4 is 14.5 Å². The first-order valence-electron chi connectivity index (χ1n) is 10.8. The number of carbonyl (C=O) groups excluding carboxylic acids is 1. The van der Waals surface area contributed by atoms with Crippen LogP contribution in [0.3, 0.4) is 0 Å². The summed E-state index contributed by atoms with van der Waals surface area (Å²) in [5.74, 6) is -1.66. The molecule has 3 aliphatic rings. The zero-order valence-electron chi connectivity index (χ0n) is 18.6. The van der Waals surface area contributed by atoms with E-state index in [0.717, 1.165) is 12.8 Å². The molecule has 0 spiro atoms. The molecule has 33 heavy (non-hydrogen) atoms. The van der Waals surface area contributed by atoms with Crippen LogP contribution in [0.25, 0.3) is 0 Å². The number of anilines is 2. The number of amides is 1. The van der Waals surface area contributed by atoms with E-state index in [1.807, 2.05) is 6.92 Å². The van der Waals surface area contributed by atoms with E-state index >= 15 is 4.39 Å². The molecule has 9 nitrogen and oxygen atoms in total. The molecular formula is C22H27ClFN3O6. The molecule has 1 amide bonds. The highest BCUT2D eigenvalue weighted by atomic mass is 35.5. The van der Waals surface area contributed by atoms with Gasteiger partial charge in [0.15, 0.2) is 17.1 Å². The van der Waals surface area contributed by atoms with Crippen molar-refractivity contribution in [2.24, 2.45) is 0 Å². The summed E-state index contributed by atoms with van der Waals surface area (Å²) in [5.41, 5.74) is -0.125. The molecule has 180 valence electrons. The van der Waals surface area contributed by atoms with Crippen LogP contribution in [-0.4, -0.2) is 71.6 Å². The number of halogens is 2. The summed E-state index contributed by atoms with van der Waals surface area (Å²) in [6.45, 7) is 4.32. The van der Waals surface area contributed by atoms with Crippen LogP contribution in [-0.2, 0) is 9.53 Å². The minimum absolute atomic E-state index is 0.0564. The Balaban J connectivity index is 1.71. The predicted octanol–water partition coefficient (Wildman–Crippen LogP) is 3.05. The first-order valence-corrected chi connectivity index (χ1v) is 11.3. The highest BCUT2D eigenvalue weighted by Gasteiger charge is 2.41. The van der Waals surface area contributed by atoms with Gasteiger partial charge in [-0.15, -0.1) is 0 Å². The van der Waals surface area contributed by atoms with Gasteiger partial charge in [-0.25, -0.2) is 14.0 Å². The number of nitrogens with zero attached hydrogens (tertiary/aromatic N) is 3. The van der Waals surface area contributed by atoms with Crippen LogP contribution in [0.1, 0.15) is 38.4 Å². The maximum Gasteiger partial charge on any atom is 0.411 e. The van der Waals surface area contributed by atoms with E-state index in [0.29, 0.717) is 25.3 Å². The molecule has 2 heterocycles. The van der Waals surface area contributed by atoms with Crippen molar-refractivity contribution < 1.29 is 33.7 Å². The van der Waals surface area contributed by atoms with Crippen LogP contribution in [0.4, 0.5) is 20.6 Å². The number of carboxylic acids is 1. The maximum absolute atomic E-state index is 15.5. The Hall–Kier alpha value is -2.72. The molecule has 0 bridgehead atoms. The van der Waals surface area contributed by atoms with E-state index in [1.165, 1.54) is 19.4 Å². The van der Waals surface area contributed by atoms with Gasteiger partial charge in [0.25, 0.3) is 0 Å². The summed E-state index contributed by atoms with van der Waals surface area (Å²) in [6.07, 6.45) is 1.11. The van der Waals surface area contributed by atoms with Gasteiger partial charge in [-0.05, 0) is 32.8 Å². The number of aliphatic carboxylic acids is 1. The molecule has 1 aromatic rings. The Morgan fingerprint density at radius 1 is 1.27 bits per heavy atom. The highest BCUT2D eigenvalue weighted by molar-refractivity contribution is 6.19. The molecule has 0 aromatic heterocycles. The number of methoxy groups -OCH3 is 1. The Morgan fingerprint density at radius 2 is 1.97 bits per heavy atom. The fourth-order valence-electron chi connectivity index (χ4n) is 4.49.